The number of carbonyl (C=O) groups is 1. The molecule has 1 N–H and O–H groups in total. The van der Waals surface area contributed by atoms with E-state index in [0.717, 1.165) is 24.5 Å². The van der Waals surface area contributed by atoms with Gasteiger partial charge in [0, 0.05) is 24.5 Å². The van der Waals surface area contributed by atoms with E-state index < -0.39 is 5.60 Å². The molecule has 2 aliphatic heterocycles. The second-order valence-corrected chi connectivity index (χ2v) is 6.27. The summed E-state index contributed by atoms with van der Waals surface area (Å²) in [6, 6.07) is 0.359. The van der Waals surface area contributed by atoms with Gasteiger partial charge in [0.1, 0.15) is 5.70 Å². The molecule has 0 spiro atoms. The Morgan fingerprint density at radius 1 is 1.65 bits per heavy atom. The minimum absolute atomic E-state index is 0.109. The van der Waals surface area contributed by atoms with Crippen molar-refractivity contribution >= 4 is 17.7 Å². The molecular weight excluding hydrogens is 236 g/mol. The van der Waals surface area contributed by atoms with Crippen LogP contribution in [0.15, 0.2) is 11.1 Å². The lowest BCUT2D eigenvalue weighted by molar-refractivity contribution is -0.135. The summed E-state index contributed by atoms with van der Waals surface area (Å²) in [7, 11) is 0. The zero-order valence-corrected chi connectivity index (χ0v) is 11.5. The van der Waals surface area contributed by atoms with Crippen molar-refractivity contribution in [2.75, 3.05) is 19.0 Å². The van der Waals surface area contributed by atoms with Crippen molar-refractivity contribution < 1.29 is 9.90 Å². The molecular formula is C12H20N2O2S. The first-order valence-electron chi connectivity index (χ1n) is 5.98. The van der Waals surface area contributed by atoms with Crippen LogP contribution in [-0.4, -0.2) is 51.4 Å². The molecule has 1 fully saturated rings. The zero-order valence-electron chi connectivity index (χ0n) is 10.6. The summed E-state index contributed by atoms with van der Waals surface area (Å²) in [6.45, 7) is 6.97. The molecule has 0 aromatic carbocycles. The molecule has 1 amide bonds. The number of β-amino-alcohol motifs (C(OH)–C–C–N with tert-alkyl or cyclic N) is 1. The lowest BCUT2D eigenvalue weighted by Gasteiger charge is -2.40. The smallest absolute Gasteiger partial charge is 0.270 e. The van der Waals surface area contributed by atoms with Crippen molar-refractivity contribution in [3.05, 3.63) is 11.1 Å². The molecule has 2 aliphatic rings. The summed E-state index contributed by atoms with van der Waals surface area (Å²) in [5.74, 6) is 0.866. The topological polar surface area (TPSA) is 43.8 Å². The van der Waals surface area contributed by atoms with Gasteiger partial charge in [-0.3, -0.25) is 4.79 Å². The third-order valence-electron chi connectivity index (χ3n) is 3.14. The van der Waals surface area contributed by atoms with Crippen molar-refractivity contribution in [2.24, 2.45) is 0 Å². The Labute approximate surface area is 107 Å². The van der Waals surface area contributed by atoms with Crippen LogP contribution in [0.25, 0.3) is 0 Å². The van der Waals surface area contributed by atoms with Crippen LogP contribution >= 0.6 is 11.8 Å². The van der Waals surface area contributed by atoms with Crippen LogP contribution in [0.2, 0.25) is 0 Å². The van der Waals surface area contributed by atoms with Gasteiger partial charge in [0.05, 0.1) is 11.5 Å². The Balaban J connectivity index is 2.02. The van der Waals surface area contributed by atoms with Gasteiger partial charge in [0.2, 0.25) is 0 Å². The summed E-state index contributed by atoms with van der Waals surface area (Å²) in [6.07, 6.45) is 1.09. The number of rotatable bonds is 3. The van der Waals surface area contributed by atoms with Gasteiger partial charge < -0.3 is 14.9 Å². The molecule has 0 aliphatic carbocycles. The Morgan fingerprint density at radius 2 is 2.35 bits per heavy atom. The normalized spacial score (nSPS) is 24.7. The van der Waals surface area contributed by atoms with Gasteiger partial charge in [0.15, 0.2) is 0 Å². The predicted octanol–water partition coefficient (Wildman–Crippen LogP) is 1.23. The Kier molecular flexibility index (Phi) is 3.41. The van der Waals surface area contributed by atoms with Crippen LogP contribution < -0.4 is 0 Å². The van der Waals surface area contributed by atoms with Gasteiger partial charge in [-0.15, -0.1) is 11.8 Å². The van der Waals surface area contributed by atoms with Crippen molar-refractivity contribution in [3.8, 4) is 0 Å². The number of thioether (sulfide) groups is 1. The van der Waals surface area contributed by atoms with Crippen molar-refractivity contribution in [3.63, 3.8) is 0 Å². The number of likely N-dealkylation sites (tertiary alicyclic amines) is 1. The molecule has 5 heteroatoms. The number of nitrogens with zero attached hydrogens (tertiary/aromatic N) is 2. The molecule has 2 heterocycles. The highest BCUT2D eigenvalue weighted by molar-refractivity contribution is 8.02. The van der Waals surface area contributed by atoms with E-state index in [1.807, 2.05) is 15.2 Å². The second kappa shape index (κ2) is 4.53. The molecule has 1 atom stereocenters. The molecule has 4 nitrogen and oxygen atoms in total. The SMILES string of the molecule is C[C@H]1CCN1C(=O)C1=CSCN1CC(C)(C)O. The van der Waals surface area contributed by atoms with E-state index in [1.54, 1.807) is 25.6 Å². The van der Waals surface area contributed by atoms with Gasteiger partial charge in [-0.1, -0.05) is 0 Å². The summed E-state index contributed by atoms with van der Waals surface area (Å²) in [4.78, 5) is 16.1. The number of hydrogen-bond acceptors (Lipinski definition) is 4. The van der Waals surface area contributed by atoms with E-state index in [1.165, 1.54) is 0 Å². The van der Waals surface area contributed by atoms with Crippen LogP contribution in [0.1, 0.15) is 27.2 Å². The van der Waals surface area contributed by atoms with Crippen molar-refractivity contribution in [2.45, 2.75) is 38.8 Å². The predicted molar refractivity (Wildman–Crippen MR) is 69.3 cm³/mol. The Morgan fingerprint density at radius 3 is 2.82 bits per heavy atom. The maximum absolute atomic E-state index is 12.3. The standard InChI is InChI=1S/C12H20N2O2S/c1-9-4-5-14(9)11(15)10-6-17-8-13(10)7-12(2,3)16/h6,9,16H,4-5,7-8H2,1-3H3/t9-/m0/s1. The molecule has 0 unspecified atom stereocenters. The minimum atomic E-state index is -0.773. The summed E-state index contributed by atoms with van der Waals surface area (Å²) >= 11 is 1.62. The van der Waals surface area contributed by atoms with Gasteiger partial charge in [-0.25, -0.2) is 0 Å². The molecule has 0 bridgehead atoms. The number of amides is 1. The first kappa shape index (κ1) is 12.8. The molecule has 0 saturated carbocycles. The lowest BCUT2D eigenvalue weighted by atomic mass is 10.0. The van der Waals surface area contributed by atoms with Crippen LogP contribution in [0, 0.1) is 0 Å². The fraction of sp³-hybridized carbons (Fsp3) is 0.750. The quantitative estimate of drug-likeness (QED) is 0.825. The highest BCUT2D eigenvalue weighted by Crippen LogP contribution is 2.29. The van der Waals surface area contributed by atoms with E-state index in [2.05, 4.69) is 6.92 Å². The first-order valence-corrected chi connectivity index (χ1v) is 7.03. The maximum Gasteiger partial charge on any atom is 0.270 e. The zero-order chi connectivity index (χ0) is 12.6. The molecule has 2 rings (SSSR count). The highest BCUT2D eigenvalue weighted by atomic mass is 32.2. The van der Waals surface area contributed by atoms with E-state index in [0.29, 0.717) is 12.6 Å². The Hall–Kier alpha value is -0.680. The number of hydrogen-bond donors (Lipinski definition) is 1. The lowest BCUT2D eigenvalue weighted by Crippen LogP contribution is -2.52. The molecule has 0 aromatic heterocycles. The maximum atomic E-state index is 12.3. The highest BCUT2D eigenvalue weighted by Gasteiger charge is 2.35. The number of aliphatic hydroxyl groups is 1. The third kappa shape index (κ3) is 2.77. The average molecular weight is 256 g/mol. The van der Waals surface area contributed by atoms with E-state index in [-0.39, 0.29) is 5.91 Å². The van der Waals surface area contributed by atoms with Gasteiger partial charge in [-0.2, -0.15) is 0 Å². The van der Waals surface area contributed by atoms with Crippen molar-refractivity contribution in [1.82, 2.24) is 9.80 Å². The van der Waals surface area contributed by atoms with Gasteiger partial charge in [0.25, 0.3) is 5.91 Å². The molecule has 1 saturated heterocycles. The van der Waals surface area contributed by atoms with Crippen LogP contribution in [-0.2, 0) is 4.79 Å². The average Bonchev–Trinajstić information content (AvgIpc) is 2.60. The second-order valence-electron chi connectivity index (χ2n) is 5.45. The third-order valence-corrected chi connectivity index (χ3v) is 3.99. The fourth-order valence-corrected chi connectivity index (χ4v) is 2.99. The minimum Gasteiger partial charge on any atom is -0.389 e. The van der Waals surface area contributed by atoms with E-state index in [4.69, 9.17) is 0 Å². The molecule has 0 radical (unpaired) electrons. The largest absolute Gasteiger partial charge is 0.389 e. The Bertz CT molecular complexity index is 349. The summed E-state index contributed by atoms with van der Waals surface area (Å²) in [5.41, 5.74) is -0.0335. The van der Waals surface area contributed by atoms with Gasteiger partial charge in [-0.05, 0) is 27.2 Å². The number of carbonyl (C=O) groups excluding carboxylic acids is 1. The monoisotopic (exact) mass is 256 g/mol. The van der Waals surface area contributed by atoms with Crippen LogP contribution in [0.4, 0.5) is 0 Å². The summed E-state index contributed by atoms with van der Waals surface area (Å²) in [5, 5.41) is 11.8. The van der Waals surface area contributed by atoms with Crippen molar-refractivity contribution in [1.29, 1.82) is 0 Å². The van der Waals surface area contributed by atoms with Gasteiger partial charge >= 0.3 is 0 Å². The fourth-order valence-electron chi connectivity index (χ4n) is 2.10. The van der Waals surface area contributed by atoms with E-state index in [9.17, 15) is 9.90 Å². The van der Waals surface area contributed by atoms with Crippen LogP contribution in [0.3, 0.4) is 0 Å². The molecule has 17 heavy (non-hydrogen) atoms. The van der Waals surface area contributed by atoms with Crippen LogP contribution in [0.5, 0.6) is 0 Å². The molecule has 96 valence electrons. The molecule has 0 aromatic rings. The summed E-state index contributed by atoms with van der Waals surface area (Å²) < 4.78 is 0. The first-order chi connectivity index (χ1) is 7.88. The van der Waals surface area contributed by atoms with E-state index >= 15 is 0 Å².